The topological polar surface area (TPSA) is 38.3 Å². The number of carbonyl (C=O) groups is 1. The molecule has 0 heterocycles. The third-order valence-corrected chi connectivity index (χ3v) is 2.77. The highest BCUT2D eigenvalue weighted by atomic mass is 35.5. The number of ether oxygens (including phenoxy) is 1. The van der Waals surface area contributed by atoms with Crippen molar-refractivity contribution in [1.82, 2.24) is 0 Å². The standard InChI is InChI=1S/C15H22ClNO2/c1-5-19-13-7-6-12(8-11(13)10-16)17-14(18)9-15(2,3)4/h6-8H,5,9-10H2,1-4H3,(H,17,18). The summed E-state index contributed by atoms with van der Waals surface area (Å²) in [6.45, 7) is 8.63. The first-order valence-corrected chi connectivity index (χ1v) is 7.00. The van der Waals surface area contributed by atoms with Gasteiger partial charge in [0.2, 0.25) is 5.91 Å². The average molecular weight is 284 g/mol. The number of rotatable bonds is 5. The van der Waals surface area contributed by atoms with E-state index in [4.69, 9.17) is 16.3 Å². The number of amides is 1. The molecule has 0 atom stereocenters. The molecule has 0 aliphatic heterocycles. The zero-order valence-corrected chi connectivity index (χ0v) is 12.8. The first kappa shape index (κ1) is 15.8. The third kappa shape index (κ3) is 5.52. The van der Waals surface area contributed by atoms with Gasteiger partial charge in [0.15, 0.2) is 0 Å². The lowest BCUT2D eigenvalue weighted by atomic mass is 9.92. The molecule has 0 aromatic heterocycles. The summed E-state index contributed by atoms with van der Waals surface area (Å²) in [6, 6.07) is 5.54. The summed E-state index contributed by atoms with van der Waals surface area (Å²) in [5.41, 5.74) is 1.62. The summed E-state index contributed by atoms with van der Waals surface area (Å²) in [4.78, 5) is 11.9. The smallest absolute Gasteiger partial charge is 0.224 e. The van der Waals surface area contributed by atoms with Crippen LogP contribution in [0.15, 0.2) is 18.2 Å². The van der Waals surface area contributed by atoms with E-state index in [-0.39, 0.29) is 11.3 Å². The van der Waals surface area contributed by atoms with Gasteiger partial charge in [-0.25, -0.2) is 0 Å². The first-order valence-electron chi connectivity index (χ1n) is 6.47. The molecule has 1 aromatic carbocycles. The van der Waals surface area contributed by atoms with E-state index >= 15 is 0 Å². The van der Waals surface area contributed by atoms with Gasteiger partial charge in [-0.3, -0.25) is 4.79 Å². The van der Waals surface area contributed by atoms with E-state index in [0.29, 0.717) is 18.9 Å². The summed E-state index contributed by atoms with van der Waals surface area (Å²) in [6.07, 6.45) is 0.483. The van der Waals surface area contributed by atoms with Crippen molar-refractivity contribution in [3.63, 3.8) is 0 Å². The molecule has 1 N–H and O–H groups in total. The predicted octanol–water partition coefficient (Wildman–Crippen LogP) is 4.20. The van der Waals surface area contributed by atoms with Gasteiger partial charge in [-0.2, -0.15) is 0 Å². The Hall–Kier alpha value is -1.22. The van der Waals surface area contributed by atoms with Crippen molar-refractivity contribution in [2.24, 2.45) is 5.41 Å². The van der Waals surface area contributed by atoms with E-state index in [1.165, 1.54) is 0 Å². The number of hydrogen-bond acceptors (Lipinski definition) is 2. The molecular weight excluding hydrogens is 262 g/mol. The molecule has 0 saturated heterocycles. The van der Waals surface area contributed by atoms with Gasteiger partial charge in [-0.1, -0.05) is 20.8 Å². The fourth-order valence-electron chi connectivity index (χ4n) is 1.74. The van der Waals surface area contributed by atoms with Crippen LogP contribution in [0.25, 0.3) is 0 Å². The Bertz CT molecular complexity index is 438. The summed E-state index contributed by atoms with van der Waals surface area (Å²) in [5, 5.41) is 2.89. The average Bonchev–Trinajstić information content (AvgIpc) is 2.28. The van der Waals surface area contributed by atoms with Crippen LogP contribution in [0.3, 0.4) is 0 Å². The van der Waals surface area contributed by atoms with Crippen molar-refractivity contribution in [3.05, 3.63) is 23.8 Å². The molecule has 1 amide bonds. The molecule has 0 bridgehead atoms. The van der Waals surface area contributed by atoms with Crippen molar-refractivity contribution >= 4 is 23.2 Å². The van der Waals surface area contributed by atoms with Crippen molar-refractivity contribution in [2.45, 2.75) is 40.0 Å². The second-order valence-electron chi connectivity index (χ2n) is 5.67. The van der Waals surface area contributed by atoms with Crippen molar-refractivity contribution < 1.29 is 9.53 Å². The van der Waals surface area contributed by atoms with Crippen molar-refractivity contribution in [3.8, 4) is 5.75 Å². The molecule has 1 rings (SSSR count). The lowest BCUT2D eigenvalue weighted by Crippen LogP contribution is -2.19. The maximum Gasteiger partial charge on any atom is 0.224 e. The number of benzene rings is 1. The van der Waals surface area contributed by atoms with E-state index in [1.807, 2.05) is 45.9 Å². The molecule has 19 heavy (non-hydrogen) atoms. The van der Waals surface area contributed by atoms with Gasteiger partial charge >= 0.3 is 0 Å². The Morgan fingerprint density at radius 3 is 2.58 bits per heavy atom. The highest BCUT2D eigenvalue weighted by Crippen LogP contribution is 2.25. The zero-order valence-electron chi connectivity index (χ0n) is 12.0. The van der Waals surface area contributed by atoms with Crippen molar-refractivity contribution in [1.29, 1.82) is 0 Å². The minimum atomic E-state index is -0.0232. The van der Waals surface area contributed by atoms with E-state index in [0.717, 1.165) is 17.0 Å². The van der Waals surface area contributed by atoms with Gasteiger partial charge in [-0.05, 0) is 30.5 Å². The highest BCUT2D eigenvalue weighted by Gasteiger charge is 2.16. The number of halogens is 1. The highest BCUT2D eigenvalue weighted by molar-refractivity contribution is 6.17. The van der Waals surface area contributed by atoms with Gasteiger partial charge in [0.25, 0.3) is 0 Å². The largest absolute Gasteiger partial charge is 0.494 e. The summed E-state index contributed by atoms with van der Waals surface area (Å²) in [7, 11) is 0. The Labute approximate surface area is 120 Å². The molecule has 0 aliphatic carbocycles. The number of hydrogen-bond donors (Lipinski definition) is 1. The SMILES string of the molecule is CCOc1ccc(NC(=O)CC(C)(C)C)cc1CCl. The van der Waals surface area contributed by atoms with E-state index in [2.05, 4.69) is 5.32 Å². The lowest BCUT2D eigenvalue weighted by Gasteiger charge is -2.17. The Morgan fingerprint density at radius 2 is 2.05 bits per heavy atom. The zero-order chi connectivity index (χ0) is 14.5. The maximum absolute atomic E-state index is 11.9. The minimum Gasteiger partial charge on any atom is -0.494 e. The van der Waals surface area contributed by atoms with Crippen LogP contribution in [0, 0.1) is 5.41 Å². The van der Waals surface area contributed by atoms with E-state index < -0.39 is 0 Å². The molecule has 4 heteroatoms. The molecule has 0 aliphatic rings. The second kappa shape index (κ2) is 6.80. The fraction of sp³-hybridized carbons (Fsp3) is 0.533. The second-order valence-corrected chi connectivity index (χ2v) is 5.94. The molecule has 0 spiro atoms. The molecular formula is C15H22ClNO2. The number of carbonyl (C=O) groups excluding carboxylic acids is 1. The van der Waals surface area contributed by atoms with Gasteiger partial charge in [0, 0.05) is 17.7 Å². The van der Waals surface area contributed by atoms with Crippen LogP contribution in [0.4, 0.5) is 5.69 Å². The number of nitrogens with one attached hydrogen (secondary N) is 1. The predicted molar refractivity (Wildman–Crippen MR) is 79.9 cm³/mol. The summed E-state index contributed by atoms with van der Waals surface area (Å²) < 4.78 is 5.47. The number of alkyl halides is 1. The molecule has 0 radical (unpaired) electrons. The normalized spacial score (nSPS) is 11.2. The lowest BCUT2D eigenvalue weighted by molar-refractivity contribution is -0.117. The Balaban J connectivity index is 2.77. The van der Waals surface area contributed by atoms with Gasteiger partial charge in [-0.15, -0.1) is 11.6 Å². The Kier molecular flexibility index (Phi) is 5.67. The molecule has 106 valence electrons. The molecule has 1 aromatic rings. The maximum atomic E-state index is 11.9. The molecule has 3 nitrogen and oxygen atoms in total. The quantitative estimate of drug-likeness (QED) is 0.823. The monoisotopic (exact) mass is 283 g/mol. The van der Waals surface area contributed by atoms with Gasteiger partial charge in [0.1, 0.15) is 5.75 Å². The van der Waals surface area contributed by atoms with Crippen LogP contribution < -0.4 is 10.1 Å². The fourth-order valence-corrected chi connectivity index (χ4v) is 1.95. The first-order chi connectivity index (χ1) is 8.85. The number of anilines is 1. The third-order valence-electron chi connectivity index (χ3n) is 2.48. The van der Waals surface area contributed by atoms with Crippen LogP contribution in [-0.4, -0.2) is 12.5 Å². The minimum absolute atomic E-state index is 0.0113. The van der Waals surface area contributed by atoms with E-state index in [9.17, 15) is 4.79 Å². The van der Waals surface area contributed by atoms with E-state index in [1.54, 1.807) is 0 Å². The molecule has 0 unspecified atom stereocenters. The van der Waals surface area contributed by atoms with Crippen LogP contribution >= 0.6 is 11.6 Å². The Morgan fingerprint density at radius 1 is 1.37 bits per heavy atom. The summed E-state index contributed by atoms with van der Waals surface area (Å²) in [5.74, 6) is 1.14. The van der Waals surface area contributed by atoms with Gasteiger partial charge in [0.05, 0.1) is 12.5 Å². The molecule has 0 fully saturated rings. The van der Waals surface area contributed by atoms with Crippen molar-refractivity contribution in [2.75, 3.05) is 11.9 Å². The summed E-state index contributed by atoms with van der Waals surface area (Å²) >= 11 is 5.89. The van der Waals surface area contributed by atoms with Crippen LogP contribution in [0.5, 0.6) is 5.75 Å². The van der Waals surface area contributed by atoms with Crippen LogP contribution in [0.2, 0.25) is 0 Å². The van der Waals surface area contributed by atoms with Crippen LogP contribution in [0.1, 0.15) is 39.7 Å². The molecule has 0 saturated carbocycles. The van der Waals surface area contributed by atoms with Gasteiger partial charge < -0.3 is 10.1 Å². The van der Waals surface area contributed by atoms with Crippen LogP contribution in [-0.2, 0) is 10.7 Å².